The molecular formula is C2H7O3PSZn. The third-order valence-corrected chi connectivity index (χ3v) is 2.68. The van der Waals surface area contributed by atoms with E-state index in [2.05, 4.69) is 0 Å². The van der Waals surface area contributed by atoms with Gasteiger partial charge in [0.1, 0.15) is 0 Å². The van der Waals surface area contributed by atoms with E-state index >= 15 is 0 Å². The SMILES string of the molecule is CCSP(=O)(O)O.[Zn]. The second-order valence-electron chi connectivity index (χ2n) is 0.908. The van der Waals surface area contributed by atoms with Crippen molar-refractivity contribution < 1.29 is 33.8 Å². The Morgan fingerprint density at radius 2 is 2.00 bits per heavy atom. The summed E-state index contributed by atoms with van der Waals surface area (Å²) in [6.45, 7) is -2.05. The van der Waals surface area contributed by atoms with Gasteiger partial charge in [0.05, 0.1) is 0 Å². The molecule has 0 aromatic heterocycles. The maximum atomic E-state index is 9.89. The maximum Gasteiger partial charge on any atom is 0.383 e. The average molecular weight is 208 g/mol. The summed E-state index contributed by atoms with van der Waals surface area (Å²) < 4.78 is 9.89. The predicted octanol–water partition coefficient (Wildman–Crippen LogP) is 0.830. The quantitative estimate of drug-likeness (QED) is 0.520. The number of rotatable bonds is 2. The summed E-state index contributed by atoms with van der Waals surface area (Å²) in [7, 11) is 0. The molecule has 0 aliphatic carbocycles. The van der Waals surface area contributed by atoms with Gasteiger partial charge in [-0.25, -0.2) is 4.57 Å². The third kappa shape index (κ3) is 10.2. The zero-order valence-corrected chi connectivity index (χ0v) is 9.25. The molecule has 46 valence electrons. The third-order valence-electron chi connectivity index (χ3n) is 0.297. The van der Waals surface area contributed by atoms with Gasteiger partial charge in [-0.05, 0) is 11.4 Å². The molecular weight excluding hydrogens is 200 g/mol. The summed E-state index contributed by atoms with van der Waals surface area (Å²) in [6.07, 6.45) is 0. The largest absolute Gasteiger partial charge is 0.383 e. The molecule has 2 N–H and O–H groups in total. The maximum absolute atomic E-state index is 9.89. The Hall–Kier alpha value is 1.12. The van der Waals surface area contributed by atoms with Crippen LogP contribution in [0.4, 0.5) is 0 Å². The monoisotopic (exact) mass is 206 g/mol. The van der Waals surface area contributed by atoms with Gasteiger partial charge in [0, 0.05) is 25.2 Å². The van der Waals surface area contributed by atoms with E-state index in [-0.39, 0.29) is 19.5 Å². The van der Waals surface area contributed by atoms with Crippen LogP contribution in [0.15, 0.2) is 0 Å². The fraction of sp³-hybridized carbons (Fsp3) is 1.00. The Kier molecular flexibility index (Phi) is 7.34. The van der Waals surface area contributed by atoms with Gasteiger partial charge < -0.3 is 9.79 Å². The van der Waals surface area contributed by atoms with Crippen LogP contribution < -0.4 is 0 Å². The van der Waals surface area contributed by atoms with Crippen LogP contribution >= 0.6 is 18.2 Å². The fourth-order valence-electron chi connectivity index (χ4n) is 0.168. The minimum atomic E-state index is -3.75. The Labute approximate surface area is 64.9 Å². The van der Waals surface area contributed by atoms with Crippen LogP contribution in [0.25, 0.3) is 0 Å². The first-order valence-electron chi connectivity index (χ1n) is 1.76. The van der Waals surface area contributed by atoms with Gasteiger partial charge in [0.25, 0.3) is 0 Å². The van der Waals surface area contributed by atoms with Crippen LogP contribution in [0.1, 0.15) is 6.92 Å². The van der Waals surface area contributed by atoms with Gasteiger partial charge in [-0.3, -0.25) is 0 Å². The Bertz CT molecular complexity index is 91.3. The van der Waals surface area contributed by atoms with Crippen LogP contribution in [0.3, 0.4) is 0 Å². The van der Waals surface area contributed by atoms with Gasteiger partial charge in [-0.2, -0.15) is 0 Å². The van der Waals surface area contributed by atoms with Gasteiger partial charge >= 0.3 is 6.80 Å². The van der Waals surface area contributed by atoms with Crippen molar-refractivity contribution in [3.05, 3.63) is 0 Å². The van der Waals surface area contributed by atoms with E-state index in [1.54, 1.807) is 6.92 Å². The molecule has 3 nitrogen and oxygen atoms in total. The summed E-state index contributed by atoms with van der Waals surface area (Å²) in [5.41, 5.74) is 0. The molecule has 0 aliphatic rings. The molecule has 8 heavy (non-hydrogen) atoms. The van der Waals surface area contributed by atoms with Crippen molar-refractivity contribution in [2.24, 2.45) is 0 Å². The normalized spacial score (nSPS) is 10.4. The predicted molar refractivity (Wildman–Crippen MR) is 30.2 cm³/mol. The molecule has 0 atom stereocenters. The Balaban J connectivity index is 0. The second kappa shape index (κ2) is 4.95. The van der Waals surface area contributed by atoms with Gasteiger partial charge in [-0.1, -0.05) is 6.92 Å². The van der Waals surface area contributed by atoms with E-state index in [0.29, 0.717) is 17.1 Å². The molecule has 0 aromatic rings. The van der Waals surface area contributed by atoms with Crippen LogP contribution in [0.5, 0.6) is 0 Å². The van der Waals surface area contributed by atoms with E-state index in [1.165, 1.54) is 0 Å². The molecule has 0 saturated carbocycles. The molecule has 0 radical (unpaired) electrons. The van der Waals surface area contributed by atoms with Crippen LogP contribution in [0, 0.1) is 0 Å². The number of hydrogen-bond donors (Lipinski definition) is 2. The minimum Gasteiger partial charge on any atom is -0.317 e. The summed E-state index contributed by atoms with van der Waals surface area (Å²) in [5, 5.41) is 0. The molecule has 0 bridgehead atoms. The van der Waals surface area contributed by atoms with Crippen molar-refractivity contribution in [3.8, 4) is 0 Å². The van der Waals surface area contributed by atoms with Crippen molar-refractivity contribution >= 4 is 18.2 Å². The summed E-state index contributed by atoms with van der Waals surface area (Å²) in [4.78, 5) is 16.2. The van der Waals surface area contributed by atoms with Crippen molar-refractivity contribution in [2.45, 2.75) is 6.92 Å². The molecule has 0 aromatic carbocycles. The van der Waals surface area contributed by atoms with Crippen molar-refractivity contribution in [3.63, 3.8) is 0 Å². The van der Waals surface area contributed by atoms with Gasteiger partial charge in [0.15, 0.2) is 0 Å². The van der Waals surface area contributed by atoms with Gasteiger partial charge in [0.2, 0.25) is 0 Å². The van der Waals surface area contributed by atoms with E-state index < -0.39 is 6.80 Å². The van der Waals surface area contributed by atoms with Crippen molar-refractivity contribution in [2.75, 3.05) is 5.75 Å². The summed E-state index contributed by atoms with van der Waals surface area (Å²) in [5.74, 6) is 0.463. The van der Waals surface area contributed by atoms with Gasteiger partial charge in [-0.15, -0.1) is 0 Å². The molecule has 0 amide bonds. The smallest absolute Gasteiger partial charge is 0.317 e. The first-order valence-corrected chi connectivity index (χ1v) is 4.96. The van der Waals surface area contributed by atoms with E-state index in [4.69, 9.17) is 9.79 Å². The molecule has 6 heteroatoms. The zero-order valence-electron chi connectivity index (χ0n) is 4.57. The first kappa shape index (κ1) is 11.9. The van der Waals surface area contributed by atoms with Crippen LogP contribution in [0.2, 0.25) is 0 Å². The molecule has 0 aliphatic heterocycles. The zero-order chi connectivity index (χ0) is 5.91. The van der Waals surface area contributed by atoms with Crippen molar-refractivity contribution in [1.82, 2.24) is 0 Å². The van der Waals surface area contributed by atoms with Crippen LogP contribution in [-0.4, -0.2) is 15.5 Å². The Morgan fingerprint density at radius 3 is 2.00 bits per heavy atom. The van der Waals surface area contributed by atoms with E-state index in [1.807, 2.05) is 0 Å². The topological polar surface area (TPSA) is 57.5 Å². The average Bonchev–Trinajstić information content (AvgIpc) is 1.30. The second-order valence-corrected chi connectivity index (χ2v) is 4.93. The molecule has 0 unspecified atom stereocenters. The van der Waals surface area contributed by atoms with E-state index in [0.717, 1.165) is 0 Å². The molecule has 0 rings (SSSR count). The number of hydrogen-bond acceptors (Lipinski definition) is 2. The fourth-order valence-corrected chi connectivity index (χ4v) is 1.51. The molecule has 0 heterocycles. The molecule has 0 fully saturated rings. The van der Waals surface area contributed by atoms with E-state index in [9.17, 15) is 4.57 Å². The molecule has 0 saturated heterocycles. The first-order chi connectivity index (χ1) is 3.06. The molecule has 0 spiro atoms. The van der Waals surface area contributed by atoms with Crippen molar-refractivity contribution in [1.29, 1.82) is 0 Å². The Morgan fingerprint density at radius 1 is 1.62 bits per heavy atom. The summed E-state index contributed by atoms with van der Waals surface area (Å²) in [6, 6.07) is 0. The summed E-state index contributed by atoms with van der Waals surface area (Å²) >= 11 is 0.655. The van der Waals surface area contributed by atoms with Crippen LogP contribution in [-0.2, 0) is 24.0 Å². The minimum absolute atomic E-state index is 0. The standard InChI is InChI=1S/C2H7O3PS.Zn/c1-2-7-6(3,4)5;/h2H2,1H3,(H2,3,4,5);.